The largest absolute Gasteiger partial charge is 0.256 e. The highest BCUT2D eigenvalue weighted by Crippen LogP contribution is 2.16. The van der Waals surface area contributed by atoms with Crippen molar-refractivity contribution in [3.8, 4) is 0 Å². The first kappa shape index (κ1) is 15.5. The lowest BCUT2D eigenvalue weighted by Crippen LogP contribution is -1.87. The van der Waals surface area contributed by atoms with E-state index in [9.17, 15) is 0 Å². The second-order valence-electron chi connectivity index (χ2n) is 5.01. The van der Waals surface area contributed by atoms with E-state index < -0.39 is 0 Å². The molecule has 0 saturated heterocycles. The lowest BCUT2D eigenvalue weighted by atomic mass is 10.1. The first-order chi connectivity index (χ1) is 10.3. The maximum Gasteiger partial charge on any atom is 0.0630 e. The molecule has 0 aliphatic carbocycles. The van der Waals surface area contributed by atoms with Crippen LogP contribution in [0.25, 0.3) is 0 Å². The molecule has 0 heterocycles. The molecule has 108 valence electrons. The summed E-state index contributed by atoms with van der Waals surface area (Å²) in [7, 11) is 0. The fourth-order valence-corrected chi connectivity index (χ4v) is 2.19. The summed E-state index contributed by atoms with van der Waals surface area (Å²) in [6.07, 6.45) is 8.52. The molecule has 0 saturated carbocycles. The number of aryl methyl sites for hydroxylation is 1. The van der Waals surface area contributed by atoms with E-state index in [0.29, 0.717) is 0 Å². The molecule has 0 bridgehead atoms. The molecule has 2 heteroatoms. The molecule has 0 N–H and O–H groups in total. The molecule has 1 nitrogen and oxygen atoms in total. The molecule has 0 spiro atoms. The van der Waals surface area contributed by atoms with Crippen molar-refractivity contribution in [3.63, 3.8) is 0 Å². The van der Waals surface area contributed by atoms with Gasteiger partial charge in [0.2, 0.25) is 0 Å². The van der Waals surface area contributed by atoms with Gasteiger partial charge >= 0.3 is 0 Å². The Morgan fingerprint density at radius 1 is 0.952 bits per heavy atom. The molecule has 2 rings (SSSR count). The van der Waals surface area contributed by atoms with Crippen LogP contribution >= 0.6 is 11.6 Å². The Bertz CT molecular complexity index is 582. The van der Waals surface area contributed by atoms with E-state index in [-0.39, 0.29) is 0 Å². The number of benzene rings is 2. The van der Waals surface area contributed by atoms with Crippen molar-refractivity contribution < 1.29 is 0 Å². The minimum absolute atomic E-state index is 0.731. The summed E-state index contributed by atoms with van der Waals surface area (Å²) in [6.45, 7) is 3.75. The Labute approximate surface area is 132 Å². The van der Waals surface area contributed by atoms with Crippen molar-refractivity contribution in [2.45, 2.75) is 25.7 Å². The van der Waals surface area contributed by atoms with E-state index >= 15 is 0 Å². The predicted molar refractivity (Wildman–Crippen MR) is 92.9 cm³/mol. The van der Waals surface area contributed by atoms with Crippen molar-refractivity contribution >= 4 is 23.5 Å². The zero-order valence-corrected chi connectivity index (χ0v) is 12.9. The number of hydrogen-bond donors (Lipinski definition) is 0. The van der Waals surface area contributed by atoms with Crippen LogP contribution in [-0.2, 0) is 6.42 Å². The van der Waals surface area contributed by atoms with Gasteiger partial charge in [-0.15, -0.1) is 6.58 Å². The standard InChI is InChI=1S/C19H20ClN/c1-2-3-4-5-6-16-7-9-17(10-8-16)15-21-19-13-11-18(20)12-14-19/h2,7-15H,1,3-6H2. The monoisotopic (exact) mass is 297 g/mol. The van der Waals surface area contributed by atoms with Gasteiger partial charge in [0.05, 0.1) is 5.69 Å². The highest BCUT2D eigenvalue weighted by Gasteiger charge is 1.94. The molecule has 0 aliphatic rings. The van der Waals surface area contributed by atoms with E-state index in [2.05, 4.69) is 35.8 Å². The molecular weight excluding hydrogens is 278 g/mol. The molecular formula is C19H20ClN. The molecule has 0 aromatic heterocycles. The van der Waals surface area contributed by atoms with E-state index in [1.54, 1.807) is 0 Å². The molecule has 0 unspecified atom stereocenters. The summed E-state index contributed by atoms with van der Waals surface area (Å²) in [5.74, 6) is 0. The van der Waals surface area contributed by atoms with Crippen LogP contribution in [0, 0.1) is 0 Å². The SMILES string of the molecule is C=CCCCCc1ccc(C=Nc2ccc(Cl)cc2)cc1. The second kappa shape index (κ2) is 8.43. The summed E-state index contributed by atoms with van der Waals surface area (Å²) in [5, 5.41) is 0.731. The maximum atomic E-state index is 5.85. The lowest BCUT2D eigenvalue weighted by molar-refractivity contribution is 0.748. The zero-order chi connectivity index (χ0) is 14.9. The van der Waals surface area contributed by atoms with Crippen molar-refractivity contribution in [1.82, 2.24) is 0 Å². The molecule has 2 aromatic carbocycles. The smallest absolute Gasteiger partial charge is 0.0630 e. The molecule has 0 aliphatic heterocycles. The number of unbranched alkanes of at least 4 members (excludes halogenated alkanes) is 2. The summed E-state index contributed by atoms with van der Waals surface area (Å²) in [6, 6.07) is 16.1. The van der Waals surface area contributed by atoms with Gasteiger partial charge in [0.15, 0.2) is 0 Å². The van der Waals surface area contributed by atoms with Crippen LogP contribution in [-0.4, -0.2) is 6.21 Å². The van der Waals surface area contributed by atoms with E-state index in [4.69, 9.17) is 11.6 Å². The van der Waals surface area contributed by atoms with Gasteiger partial charge in [-0.25, -0.2) is 0 Å². The Kier molecular flexibility index (Phi) is 6.23. The molecule has 0 radical (unpaired) electrons. The quantitative estimate of drug-likeness (QED) is 0.338. The number of nitrogens with zero attached hydrogens (tertiary/aromatic N) is 1. The van der Waals surface area contributed by atoms with E-state index in [1.165, 1.54) is 18.4 Å². The topological polar surface area (TPSA) is 12.4 Å². The van der Waals surface area contributed by atoms with Gasteiger partial charge in [0, 0.05) is 11.2 Å². The minimum Gasteiger partial charge on any atom is -0.256 e. The van der Waals surface area contributed by atoms with E-state index in [0.717, 1.165) is 29.1 Å². The van der Waals surface area contributed by atoms with Crippen LogP contribution in [0.15, 0.2) is 66.2 Å². The van der Waals surface area contributed by atoms with Crippen LogP contribution in [0.4, 0.5) is 5.69 Å². The van der Waals surface area contributed by atoms with Gasteiger partial charge in [-0.1, -0.05) is 41.9 Å². The highest BCUT2D eigenvalue weighted by molar-refractivity contribution is 6.30. The van der Waals surface area contributed by atoms with Crippen molar-refractivity contribution in [1.29, 1.82) is 0 Å². The summed E-state index contributed by atoms with van der Waals surface area (Å²) < 4.78 is 0. The Hall–Kier alpha value is -1.86. The third kappa shape index (κ3) is 5.57. The van der Waals surface area contributed by atoms with Gasteiger partial charge in [-0.2, -0.15) is 0 Å². The van der Waals surface area contributed by atoms with Crippen molar-refractivity contribution in [2.24, 2.45) is 4.99 Å². The molecule has 0 fully saturated rings. The average molecular weight is 298 g/mol. The first-order valence-corrected chi connectivity index (χ1v) is 7.65. The fraction of sp³-hybridized carbons (Fsp3) is 0.211. The molecule has 2 aromatic rings. The van der Waals surface area contributed by atoms with Gasteiger partial charge < -0.3 is 0 Å². The van der Waals surface area contributed by atoms with Crippen molar-refractivity contribution in [2.75, 3.05) is 0 Å². The second-order valence-corrected chi connectivity index (χ2v) is 5.45. The number of rotatable bonds is 7. The predicted octanol–water partition coefficient (Wildman–Crippen LogP) is 5.99. The van der Waals surface area contributed by atoms with E-state index in [1.807, 2.05) is 36.6 Å². The summed E-state index contributed by atoms with van der Waals surface area (Å²) >= 11 is 5.85. The first-order valence-electron chi connectivity index (χ1n) is 7.27. The fourth-order valence-electron chi connectivity index (χ4n) is 2.06. The highest BCUT2D eigenvalue weighted by atomic mass is 35.5. The number of allylic oxidation sites excluding steroid dienone is 1. The van der Waals surface area contributed by atoms with Gasteiger partial charge in [0.25, 0.3) is 0 Å². The molecule has 0 amide bonds. The van der Waals surface area contributed by atoms with Gasteiger partial charge in [0.1, 0.15) is 0 Å². The van der Waals surface area contributed by atoms with Gasteiger partial charge in [-0.05, 0) is 61.1 Å². The Morgan fingerprint density at radius 3 is 2.33 bits per heavy atom. The van der Waals surface area contributed by atoms with Crippen LogP contribution in [0.1, 0.15) is 30.4 Å². The van der Waals surface area contributed by atoms with Crippen LogP contribution in [0.5, 0.6) is 0 Å². The number of halogens is 1. The molecule has 0 atom stereocenters. The summed E-state index contributed by atoms with van der Waals surface area (Å²) in [4.78, 5) is 4.44. The average Bonchev–Trinajstić information content (AvgIpc) is 2.52. The number of hydrogen-bond acceptors (Lipinski definition) is 1. The van der Waals surface area contributed by atoms with Crippen LogP contribution in [0.3, 0.4) is 0 Å². The maximum absolute atomic E-state index is 5.85. The van der Waals surface area contributed by atoms with Crippen LogP contribution < -0.4 is 0 Å². The van der Waals surface area contributed by atoms with Crippen molar-refractivity contribution in [3.05, 3.63) is 77.3 Å². The van der Waals surface area contributed by atoms with Gasteiger partial charge in [-0.3, -0.25) is 4.99 Å². The Morgan fingerprint density at radius 2 is 1.67 bits per heavy atom. The Balaban J connectivity index is 1.89. The lowest BCUT2D eigenvalue weighted by Gasteiger charge is -2.01. The van der Waals surface area contributed by atoms with Crippen LogP contribution in [0.2, 0.25) is 5.02 Å². The summed E-state index contributed by atoms with van der Waals surface area (Å²) in [5.41, 5.74) is 3.40. The third-order valence-corrected chi connectivity index (χ3v) is 3.54. The molecule has 21 heavy (non-hydrogen) atoms. The number of aliphatic imine (C=N–C) groups is 1. The minimum atomic E-state index is 0.731. The normalized spacial score (nSPS) is 10.9. The zero-order valence-electron chi connectivity index (χ0n) is 12.1. The third-order valence-electron chi connectivity index (χ3n) is 3.29.